The van der Waals surface area contributed by atoms with Crippen molar-refractivity contribution < 1.29 is 14.5 Å². The second-order valence-electron chi connectivity index (χ2n) is 5.70. The van der Waals surface area contributed by atoms with E-state index in [2.05, 4.69) is 20.8 Å². The third-order valence-electron chi connectivity index (χ3n) is 3.65. The van der Waals surface area contributed by atoms with Crippen LogP contribution in [0.4, 0.5) is 11.4 Å². The minimum absolute atomic E-state index is 0.0448. The molecule has 2 aromatic rings. The summed E-state index contributed by atoms with van der Waals surface area (Å²) in [4.78, 5) is 34.6. The summed E-state index contributed by atoms with van der Waals surface area (Å²) >= 11 is 0. The number of hydrogen-bond acceptors (Lipinski definition) is 6. The lowest BCUT2D eigenvalue weighted by Gasteiger charge is -2.08. The van der Waals surface area contributed by atoms with Gasteiger partial charge in [-0.1, -0.05) is 6.92 Å². The van der Waals surface area contributed by atoms with Gasteiger partial charge in [-0.3, -0.25) is 29.1 Å². The van der Waals surface area contributed by atoms with E-state index in [4.69, 9.17) is 0 Å². The Hall–Kier alpha value is -3.24. The summed E-state index contributed by atoms with van der Waals surface area (Å²) in [7, 11) is 1.61. The van der Waals surface area contributed by atoms with Crippen molar-refractivity contribution in [3.8, 4) is 0 Å². The number of anilines is 1. The highest BCUT2D eigenvalue weighted by Crippen LogP contribution is 2.16. The second kappa shape index (κ2) is 8.23. The van der Waals surface area contributed by atoms with Crippen LogP contribution in [0.2, 0.25) is 0 Å². The number of nitro groups is 1. The normalized spacial score (nSPS) is 10.6. The van der Waals surface area contributed by atoms with E-state index in [1.54, 1.807) is 7.05 Å². The zero-order valence-corrected chi connectivity index (χ0v) is 14.9. The average Bonchev–Trinajstić information content (AvgIpc) is 3.13. The molecule has 0 fully saturated rings. The summed E-state index contributed by atoms with van der Waals surface area (Å²) in [6, 6.07) is 0. The molecule has 26 heavy (non-hydrogen) atoms. The van der Waals surface area contributed by atoms with Gasteiger partial charge in [-0.05, 0) is 13.3 Å². The first-order valence-corrected chi connectivity index (χ1v) is 8.12. The Labute approximate surface area is 149 Å². The van der Waals surface area contributed by atoms with Crippen LogP contribution in [0.1, 0.15) is 35.9 Å². The molecule has 0 saturated carbocycles. The molecule has 2 amide bonds. The number of rotatable bonds is 8. The minimum Gasteiger partial charge on any atom is -0.351 e. The van der Waals surface area contributed by atoms with E-state index in [0.717, 1.165) is 6.42 Å². The van der Waals surface area contributed by atoms with Crippen molar-refractivity contribution in [1.82, 2.24) is 24.9 Å². The van der Waals surface area contributed by atoms with Crippen molar-refractivity contribution in [2.45, 2.75) is 33.2 Å². The molecule has 0 atom stereocenters. The molecule has 0 aromatic carbocycles. The summed E-state index contributed by atoms with van der Waals surface area (Å²) in [5, 5.41) is 24.2. The fraction of sp³-hybridized carbons (Fsp3) is 0.467. The summed E-state index contributed by atoms with van der Waals surface area (Å²) in [6.45, 7) is 4.17. The van der Waals surface area contributed by atoms with Crippen LogP contribution in [-0.2, 0) is 18.4 Å². The largest absolute Gasteiger partial charge is 0.351 e. The standard InChI is InChI=1S/C15H21N7O4/c1-4-6-16-15(24)14-11(8-17-20(14)3)18-13(23)5-7-21-9-12(22(25)26)10(2)19-21/h8-9H,4-7H2,1-3H3,(H,16,24)(H,18,23). The van der Waals surface area contributed by atoms with Gasteiger partial charge in [0.2, 0.25) is 5.91 Å². The maximum absolute atomic E-state index is 12.2. The average molecular weight is 363 g/mol. The van der Waals surface area contributed by atoms with Crippen LogP contribution in [0, 0.1) is 17.0 Å². The fourth-order valence-corrected chi connectivity index (χ4v) is 2.35. The SMILES string of the molecule is CCCNC(=O)c1c(NC(=O)CCn2cc([N+](=O)[O-])c(C)n2)cnn1C. The third-order valence-corrected chi connectivity index (χ3v) is 3.65. The smallest absolute Gasteiger partial charge is 0.309 e. The molecule has 0 aliphatic heterocycles. The summed E-state index contributed by atoms with van der Waals surface area (Å²) in [5.74, 6) is -0.668. The first-order chi connectivity index (χ1) is 12.3. The second-order valence-corrected chi connectivity index (χ2v) is 5.70. The van der Waals surface area contributed by atoms with Crippen LogP contribution in [0.3, 0.4) is 0 Å². The van der Waals surface area contributed by atoms with Gasteiger partial charge in [0.15, 0.2) is 0 Å². The molecule has 2 N–H and O–H groups in total. The number of nitrogens with zero attached hydrogens (tertiary/aromatic N) is 5. The van der Waals surface area contributed by atoms with Crippen molar-refractivity contribution in [1.29, 1.82) is 0 Å². The molecule has 11 nitrogen and oxygen atoms in total. The van der Waals surface area contributed by atoms with E-state index in [9.17, 15) is 19.7 Å². The molecular formula is C15H21N7O4. The van der Waals surface area contributed by atoms with Gasteiger partial charge in [-0.15, -0.1) is 0 Å². The number of amides is 2. The van der Waals surface area contributed by atoms with Gasteiger partial charge in [0.1, 0.15) is 17.6 Å². The predicted octanol–water partition coefficient (Wildman–Crippen LogP) is 1.00. The summed E-state index contributed by atoms with van der Waals surface area (Å²) in [6.07, 6.45) is 3.53. The molecule has 0 unspecified atom stereocenters. The Morgan fingerprint density at radius 3 is 2.73 bits per heavy atom. The Morgan fingerprint density at radius 1 is 1.38 bits per heavy atom. The van der Waals surface area contributed by atoms with Gasteiger partial charge in [0.25, 0.3) is 5.91 Å². The zero-order chi connectivity index (χ0) is 19.3. The third kappa shape index (κ3) is 4.43. The molecule has 0 saturated heterocycles. The Kier molecular flexibility index (Phi) is 6.04. The van der Waals surface area contributed by atoms with Crippen molar-refractivity contribution in [2.24, 2.45) is 7.05 Å². The first kappa shape index (κ1) is 19.1. The number of aromatic nitrogens is 4. The number of hydrogen-bond donors (Lipinski definition) is 2. The van der Waals surface area contributed by atoms with Crippen molar-refractivity contribution in [2.75, 3.05) is 11.9 Å². The lowest BCUT2D eigenvalue weighted by atomic mass is 10.3. The zero-order valence-electron chi connectivity index (χ0n) is 14.9. The molecular weight excluding hydrogens is 342 g/mol. The number of carbonyl (C=O) groups excluding carboxylic acids is 2. The molecule has 0 radical (unpaired) electrons. The molecule has 0 aliphatic carbocycles. The molecule has 0 spiro atoms. The quantitative estimate of drug-likeness (QED) is 0.530. The molecule has 2 aromatic heterocycles. The first-order valence-electron chi connectivity index (χ1n) is 8.12. The molecule has 0 aliphatic rings. The Bertz CT molecular complexity index is 824. The van der Waals surface area contributed by atoms with E-state index >= 15 is 0 Å². The monoisotopic (exact) mass is 363 g/mol. The predicted molar refractivity (Wildman–Crippen MR) is 92.7 cm³/mol. The van der Waals surface area contributed by atoms with Crippen molar-refractivity contribution in [3.63, 3.8) is 0 Å². The van der Waals surface area contributed by atoms with Crippen LogP contribution >= 0.6 is 0 Å². The lowest BCUT2D eigenvalue weighted by molar-refractivity contribution is -0.385. The van der Waals surface area contributed by atoms with E-state index in [1.165, 1.54) is 28.7 Å². The van der Waals surface area contributed by atoms with Crippen LogP contribution in [0.15, 0.2) is 12.4 Å². The molecule has 11 heteroatoms. The van der Waals surface area contributed by atoms with Gasteiger partial charge in [-0.25, -0.2) is 0 Å². The topological polar surface area (TPSA) is 137 Å². The van der Waals surface area contributed by atoms with Gasteiger partial charge < -0.3 is 10.6 Å². The van der Waals surface area contributed by atoms with Crippen LogP contribution in [0.5, 0.6) is 0 Å². The van der Waals surface area contributed by atoms with Gasteiger partial charge in [0.05, 0.1) is 16.8 Å². The van der Waals surface area contributed by atoms with Crippen molar-refractivity contribution in [3.05, 3.63) is 33.9 Å². The van der Waals surface area contributed by atoms with Crippen LogP contribution in [-0.4, -0.2) is 42.8 Å². The fourth-order valence-electron chi connectivity index (χ4n) is 2.35. The van der Waals surface area contributed by atoms with E-state index in [1.807, 2.05) is 6.92 Å². The maximum Gasteiger partial charge on any atom is 0.309 e. The van der Waals surface area contributed by atoms with Gasteiger partial charge in [0, 0.05) is 26.6 Å². The molecule has 2 rings (SSSR count). The maximum atomic E-state index is 12.2. The van der Waals surface area contributed by atoms with Gasteiger partial charge >= 0.3 is 5.69 Å². The van der Waals surface area contributed by atoms with E-state index < -0.39 is 4.92 Å². The van der Waals surface area contributed by atoms with Crippen LogP contribution < -0.4 is 10.6 Å². The summed E-state index contributed by atoms with van der Waals surface area (Å²) in [5.41, 5.74) is 0.774. The van der Waals surface area contributed by atoms with E-state index in [0.29, 0.717) is 12.2 Å². The number of nitrogens with one attached hydrogen (secondary N) is 2. The molecule has 140 valence electrons. The van der Waals surface area contributed by atoms with Crippen LogP contribution in [0.25, 0.3) is 0 Å². The summed E-state index contributed by atoms with van der Waals surface area (Å²) < 4.78 is 2.74. The minimum atomic E-state index is -0.518. The Morgan fingerprint density at radius 2 is 2.12 bits per heavy atom. The highest BCUT2D eigenvalue weighted by atomic mass is 16.6. The Balaban J connectivity index is 1.99. The highest BCUT2D eigenvalue weighted by molar-refractivity contribution is 6.02. The molecule has 0 bridgehead atoms. The van der Waals surface area contributed by atoms with E-state index in [-0.39, 0.29) is 41.9 Å². The highest BCUT2D eigenvalue weighted by Gasteiger charge is 2.19. The molecule has 2 heterocycles. The number of carbonyl (C=O) groups is 2. The lowest BCUT2D eigenvalue weighted by Crippen LogP contribution is -2.27. The van der Waals surface area contributed by atoms with Crippen molar-refractivity contribution >= 4 is 23.2 Å². The number of aryl methyl sites for hydroxylation is 3. The van der Waals surface area contributed by atoms with Gasteiger partial charge in [-0.2, -0.15) is 10.2 Å².